The number of benzene rings is 2. The summed E-state index contributed by atoms with van der Waals surface area (Å²) in [4.78, 5) is 14.4. The molecule has 4 heteroatoms. The molecule has 3 rings (SSSR count). The fourth-order valence-electron chi connectivity index (χ4n) is 2.38. The van der Waals surface area contributed by atoms with E-state index in [1.165, 1.54) is 5.56 Å². The average molecular weight is 337 g/mol. The molecule has 0 bridgehead atoms. The number of fused-ring (bicyclic) bond motifs is 1. The topological polar surface area (TPSA) is 20.3 Å². The molecule has 2 nitrogen and oxygen atoms in total. The number of halogens is 2. The summed E-state index contributed by atoms with van der Waals surface area (Å²) in [5, 5.41) is 0.560. The molecule has 1 heterocycles. The van der Waals surface area contributed by atoms with E-state index in [0.717, 1.165) is 23.1 Å². The van der Waals surface area contributed by atoms with Crippen LogP contribution < -0.4 is 4.90 Å². The number of hydrogen-bond donors (Lipinski definition) is 0. The standard InChI is InChI=1S/C15H11BrClNO/c16-12-7-11(8-13(17)9-12)15(19)18-6-5-10-3-1-2-4-14(10)18/h1-4,7-9H,5-6H2. The largest absolute Gasteiger partial charge is 0.308 e. The molecule has 0 fully saturated rings. The van der Waals surface area contributed by atoms with E-state index in [9.17, 15) is 4.79 Å². The van der Waals surface area contributed by atoms with Gasteiger partial charge in [0.25, 0.3) is 5.91 Å². The van der Waals surface area contributed by atoms with Crippen molar-refractivity contribution in [1.29, 1.82) is 0 Å². The molecule has 19 heavy (non-hydrogen) atoms. The lowest BCUT2D eigenvalue weighted by molar-refractivity contribution is 0.0989. The smallest absolute Gasteiger partial charge is 0.258 e. The number of carbonyl (C=O) groups is 1. The van der Waals surface area contributed by atoms with Crippen LogP contribution in [-0.2, 0) is 6.42 Å². The van der Waals surface area contributed by atoms with Crippen LogP contribution in [0.3, 0.4) is 0 Å². The molecule has 0 aromatic heterocycles. The molecule has 0 aliphatic carbocycles. The van der Waals surface area contributed by atoms with Crippen molar-refractivity contribution < 1.29 is 4.79 Å². The Hall–Kier alpha value is -1.32. The summed E-state index contributed by atoms with van der Waals surface area (Å²) < 4.78 is 0.816. The molecule has 0 atom stereocenters. The van der Waals surface area contributed by atoms with Gasteiger partial charge in [0, 0.05) is 27.3 Å². The molecule has 2 aromatic carbocycles. The Balaban J connectivity index is 1.98. The highest BCUT2D eigenvalue weighted by molar-refractivity contribution is 9.10. The lowest BCUT2D eigenvalue weighted by Crippen LogP contribution is -2.28. The molecular formula is C15H11BrClNO. The van der Waals surface area contributed by atoms with Crippen molar-refractivity contribution in [2.45, 2.75) is 6.42 Å². The summed E-state index contributed by atoms with van der Waals surface area (Å²) in [5.74, 6) is -0.00634. The highest BCUT2D eigenvalue weighted by Gasteiger charge is 2.25. The second-order valence-electron chi connectivity index (χ2n) is 4.49. The van der Waals surface area contributed by atoms with Gasteiger partial charge in [-0.25, -0.2) is 0 Å². The van der Waals surface area contributed by atoms with Crippen LogP contribution >= 0.6 is 27.5 Å². The molecule has 96 valence electrons. The van der Waals surface area contributed by atoms with Crippen LogP contribution in [-0.4, -0.2) is 12.5 Å². The third-order valence-electron chi connectivity index (χ3n) is 3.24. The third kappa shape index (κ3) is 2.40. The van der Waals surface area contributed by atoms with Crippen LogP contribution in [0.4, 0.5) is 5.69 Å². The van der Waals surface area contributed by atoms with Gasteiger partial charge in [0.05, 0.1) is 0 Å². The Morgan fingerprint density at radius 1 is 1.21 bits per heavy atom. The maximum atomic E-state index is 12.6. The van der Waals surface area contributed by atoms with Gasteiger partial charge >= 0.3 is 0 Å². The molecule has 1 amide bonds. The summed E-state index contributed by atoms with van der Waals surface area (Å²) in [6.07, 6.45) is 0.906. The number of amides is 1. The molecule has 1 aliphatic rings. The highest BCUT2D eigenvalue weighted by Crippen LogP contribution is 2.30. The van der Waals surface area contributed by atoms with E-state index in [0.29, 0.717) is 10.6 Å². The van der Waals surface area contributed by atoms with Crippen LogP contribution in [0, 0.1) is 0 Å². The first-order valence-electron chi connectivity index (χ1n) is 6.01. The van der Waals surface area contributed by atoms with E-state index in [4.69, 9.17) is 11.6 Å². The van der Waals surface area contributed by atoms with E-state index in [2.05, 4.69) is 22.0 Å². The van der Waals surface area contributed by atoms with Crippen LogP contribution in [0.15, 0.2) is 46.9 Å². The summed E-state index contributed by atoms with van der Waals surface area (Å²) in [6, 6.07) is 13.3. The van der Waals surface area contributed by atoms with Gasteiger partial charge in [0.1, 0.15) is 0 Å². The van der Waals surface area contributed by atoms with Gasteiger partial charge in [0.2, 0.25) is 0 Å². The van der Waals surface area contributed by atoms with Crippen molar-refractivity contribution in [1.82, 2.24) is 0 Å². The number of hydrogen-bond acceptors (Lipinski definition) is 1. The van der Waals surface area contributed by atoms with E-state index in [1.807, 2.05) is 23.1 Å². The Morgan fingerprint density at radius 3 is 2.79 bits per heavy atom. The quantitative estimate of drug-likeness (QED) is 0.760. The molecule has 0 radical (unpaired) electrons. The normalized spacial score (nSPS) is 13.5. The molecule has 0 unspecified atom stereocenters. The maximum Gasteiger partial charge on any atom is 0.258 e. The Morgan fingerprint density at radius 2 is 2.00 bits per heavy atom. The Labute approximate surface area is 125 Å². The highest BCUT2D eigenvalue weighted by atomic mass is 79.9. The monoisotopic (exact) mass is 335 g/mol. The molecular weight excluding hydrogens is 326 g/mol. The summed E-state index contributed by atoms with van der Waals surface area (Å²) in [5.41, 5.74) is 2.83. The second-order valence-corrected chi connectivity index (χ2v) is 5.85. The van der Waals surface area contributed by atoms with Gasteiger partial charge in [-0.1, -0.05) is 45.7 Å². The number of para-hydroxylation sites is 1. The first-order chi connectivity index (χ1) is 9.15. The van der Waals surface area contributed by atoms with Crippen LogP contribution in [0.2, 0.25) is 5.02 Å². The summed E-state index contributed by atoms with van der Waals surface area (Å²) >= 11 is 9.37. The van der Waals surface area contributed by atoms with Crippen LogP contribution in [0.25, 0.3) is 0 Å². The summed E-state index contributed by atoms with van der Waals surface area (Å²) in [7, 11) is 0. The molecule has 1 aliphatic heterocycles. The fraction of sp³-hybridized carbons (Fsp3) is 0.133. The van der Waals surface area contributed by atoms with E-state index < -0.39 is 0 Å². The predicted molar refractivity (Wildman–Crippen MR) is 81.0 cm³/mol. The number of rotatable bonds is 1. The Kier molecular flexibility index (Phi) is 3.33. The first kappa shape index (κ1) is 12.7. The predicted octanol–water partition coefficient (Wildman–Crippen LogP) is 4.31. The van der Waals surface area contributed by atoms with E-state index in [-0.39, 0.29) is 5.91 Å². The zero-order valence-electron chi connectivity index (χ0n) is 10.1. The van der Waals surface area contributed by atoms with Crippen molar-refractivity contribution >= 4 is 39.1 Å². The third-order valence-corrected chi connectivity index (χ3v) is 3.92. The van der Waals surface area contributed by atoms with E-state index in [1.54, 1.807) is 18.2 Å². The maximum absolute atomic E-state index is 12.6. The minimum absolute atomic E-state index is 0.00634. The lowest BCUT2D eigenvalue weighted by atomic mass is 10.1. The van der Waals surface area contributed by atoms with Crippen LogP contribution in [0.5, 0.6) is 0 Å². The fourth-order valence-corrected chi connectivity index (χ4v) is 3.24. The van der Waals surface area contributed by atoms with Crippen molar-refractivity contribution in [2.24, 2.45) is 0 Å². The lowest BCUT2D eigenvalue weighted by Gasteiger charge is -2.17. The SMILES string of the molecule is O=C(c1cc(Cl)cc(Br)c1)N1CCc2ccccc21. The van der Waals surface area contributed by atoms with Gasteiger partial charge in [-0.2, -0.15) is 0 Å². The second kappa shape index (κ2) is 4.99. The molecule has 0 spiro atoms. The van der Waals surface area contributed by atoms with Crippen molar-refractivity contribution in [3.8, 4) is 0 Å². The minimum atomic E-state index is -0.00634. The van der Waals surface area contributed by atoms with Gasteiger partial charge in [-0.3, -0.25) is 4.79 Å². The van der Waals surface area contributed by atoms with Gasteiger partial charge in [-0.05, 0) is 36.2 Å². The van der Waals surface area contributed by atoms with E-state index >= 15 is 0 Å². The van der Waals surface area contributed by atoms with Gasteiger partial charge in [0.15, 0.2) is 0 Å². The molecule has 2 aromatic rings. The summed E-state index contributed by atoms with van der Waals surface area (Å²) in [6.45, 7) is 0.725. The zero-order valence-corrected chi connectivity index (χ0v) is 12.4. The first-order valence-corrected chi connectivity index (χ1v) is 7.18. The van der Waals surface area contributed by atoms with Crippen molar-refractivity contribution in [3.05, 3.63) is 63.1 Å². The molecule has 0 saturated heterocycles. The van der Waals surface area contributed by atoms with Crippen molar-refractivity contribution in [2.75, 3.05) is 11.4 Å². The number of nitrogens with zero attached hydrogens (tertiary/aromatic N) is 1. The number of anilines is 1. The zero-order chi connectivity index (χ0) is 13.4. The van der Waals surface area contributed by atoms with Crippen LogP contribution in [0.1, 0.15) is 15.9 Å². The minimum Gasteiger partial charge on any atom is -0.308 e. The number of carbonyl (C=O) groups excluding carboxylic acids is 1. The average Bonchev–Trinajstić information content (AvgIpc) is 2.80. The molecule has 0 N–H and O–H groups in total. The van der Waals surface area contributed by atoms with Gasteiger partial charge < -0.3 is 4.90 Å². The van der Waals surface area contributed by atoms with Crippen molar-refractivity contribution in [3.63, 3.8) is 0 Å². The molecule has 0 saturated carbocycles. The Bertz CT molecular complexity index is 636. The van der Waals surface area contributed by atoms with Gasteiger partial charge in [-0.15, -0.1) is 0 Å².